The Bertz CT molecular complexity index is 553. The number of hydrogen-bond acceptors (Lipinski definition) is 2. The third-order valence-corrected chi connectivity index (χ3v) is 2.73. The van der Waals surface area contributed by atoms with Gasteiger partial charge in [-0.15, -0.1) is 0 Å². The van der Waals surface area contributed by atoms with E-state index in [-0.39, 0.29) is 5.76 Å². The fourth-order valence-electron chi connectivity index (χ4n) is 1.38. The summed E-state index contributed by atoms with van der Waals surface area (Å²) in [5.41, 5.74) is 1.19. The first-order valence-electron chi connectivity index (χ1n) is 4.94. The van der Waals surface area contributed by atoms with Gasteiger partial charge in [0.1, 0.15) is 5.76 Å². The minimum absolute atomic E-state index is 0.0605. The Morgan fingerprint density at radius 3 is 2.65 bits per heavy atom. The van der Waals surface area contributed by atoms with Gasteiger partial charge in [-0.1, -0.05) is 29.3 Å². The smallest absolute Gasteiger partial charge is 0.126 e. The largest absolute Gasteiger partial charge is 0.507 e. The topological polar surface area (TPSA) is 33.1 Å². The van der Waals surface area contributed by atoms with E-state index in [1.807, 2.05) is 12.1 Å². The molecule has 17 heavy (non-hydrogen) atoms. The standard InChI is InChI=1S/C13H9Cl2NO/c14-9-4-5-11(12(15)7-9)13(17)8-10-3-1-2-6-16-10/h1-8,17H. The van der Waals surface area contributed by atoms with Crippen LogP contribution in [0.15, 0.2) is 42.6 Å². The van der Waals surface area contributed by atoms with E-state index in [1.165, 1.54) is 0 Å². The normalized spacial score (nSPS) is 11.5. The van der Waals surface area contributed by atoms with E-state index in [0.717, 1.165) is 0 Å². The molecular formula is C13H9Cl2NO. The van der Waals surface area contributed by atoms with Gasteiger partial charge in [-0.3, -0.25) is 4.98 Å². The van der Waals surface area contributed by atoms with Gasteiger partial charge >= 0.3 is 0 Å². The van der Waals surface area contributed by atoms with Crippen LogP contribution < -0.4 is 0 Å². The summed E-state index contributed by atoms with van der Waals surface area (Å²) >= 11 is 11.8. The molecule has 0 fully saturated rings. The highest BCUT2D eigenvalue weighted by molar-refractivity contribution is 6.35. The van der Waals surface area contributed by atoms with Crippen molar-refractivity contribution in [2.45, 2.75) is 0 Å². The van der Waals surface area contributed by atoms with Crippen LogP contribution in [0.5, 0.6) is 0 Å². The molecule has 1 N–H and O–H groups in total. The molecule has 4 heteroatoms. The number of aliphatic hydroxyl groups excluding tert-OH is 1. The summed E-state index contributed by atoms with van der Waals surface area (Å²) in [5.74, 6) is 0.0605. The van der Waals surface area contributed by atoms with Gasteiger partial charge in [0.25, 0.3) is 0 Å². The first kappa shape index (κ1) is 12.0. The predicted molar refractivity (Wildman–Crippen MR) is 71.2 cm³/mol. The molecule has 0 radical (unpaired) electrons. The molecule has 1 aromatic heterocycles. The average Bonchev–Trinajstić information content (AvgIpc) is 2.30. The SMILES string of the molecule is OC(=Cc1ccccn1)c1ccc(Cl)cc1Cl. The fourth-order valence-corrected chi connectivity index (χ4v) is 1.88. The van der Waals surface area contributed by atoms with Crippen LogP contribution in [0.1, 0.15) is 11.3 Å². The number of rotatable bonds is 2. The third kappa shape index (κ3) is 2.99. The van der Waals surface area contributed by atoms with Crippen LogP contribution >= 0.6 is 23.2 Å². The Kier molecular flexibility index (Phi) is 3.67. The Hall–Kier alpha value is -1.51. The number of benzene rings is 1. The van der Waals surface area contributed by atoms with E-state index < -0.39 is 0 Å². The first-order valence-corrected chi connectivity index (χ1v) is 5.69. The van der Waals surface area contributed by atoms with Gasteiger partial charge in [-0.25, -0.2) is 0 Å². The minimum Gasteiger partial charge on any atom is -0.507 e. The molecule has 1 aromatic carbocycles. The summed E-state index contributed by atoms with van der Waals surface area (Å²) in [4.78, 5) is 4.09. The second kappa shape index (κ2) is 5.21. The van der Waals surface area contributed by atoms with Crippen LogP contribution in [0.4, 0.5) is 0 Å². The highest BCUT2D eigenvalue weighted by Crippen LogP contribution is 2.26. The molecule has 0 bridgehead atoms. The lowest BCUT2D eigenvalue weighted by atomic mass is 10.1. The lowest BCUT2D eigenvalue weighted by Crippen LogP contribution is -1.86. The Morgan fingerprint density at radius 2 is 2.00 bits per heavy atom. The van der Waals surface area contributed by atoms with Crippen molar-refractivity contribution >= 4 is 35.0 Å². The molecule has 0 unspecified atom stereocenters. The van der Waals surface area contributed by atoms with E-state index in [0.29, 0.717) is 21.3 Å². The van der Waals surface area contributed by atoms with Crippen molar-refractivity contribution in [1.82, 2.24) is 4.98 Å². The van der Waals surface area contributed by atoms with Crippen LogP contribution in [-0.2, 0) is 0 Å². The zero-order chi connectivity index (χ0) is 12.3. The summed E-state index contributed by atoms with van der Waals surface area (Å²) in [5, 5.41) is 10.9. The Morgan fingerprint density at radius 1 is 1.18 bits per heavy atom. The number of hydrogen-bond donors (Lipinski definition) is 1. The summed E-state index contributed by atoms with van der Waals surface area (Å²) < 4.78 is 0. The van der Waals surface area contributed by atoms with Gasteiger partial charge in [0, 0.05) is 22.9 Å². The van der Waals surface area contributed by atoms with Crippen LogP contribution in [0.3, 0.4) is 0 Å². The quantitative estimate of drug-likeness (QED) is 0.815. The van der Waals surface area contributed by atoms with Crippen LogP contribution in [-0.4, -0.2) is 10.1 Å². The molecule has 0 aliphatic carbocycles. The van der Waals surface area contributed by atoms with Crippen LogP contribution in [0.2, 0.25) is 10.0 Å². The predicted octanol–water partition coefficient (Wildman–Crippen LogP) is 4.44. The monoisotopic (exact) mass is 265 g/mol. The lowest BCUT2D eigenvalue weighted by molar-refractivity contribution is 0.515. The maximum atomic E-state index is 9.94. The number of nitrogens with zero attached hydrogens (tertiary/aromatic N) is 1. The van der Waals surface area contributed by atoms with Crippen molar-refractivity contribution in [3.05, 3.63) is 63.9 Å². The molecule has 2 rings (SSSR count). The zero-order valence-electron chi connectivity index (χ0n) is 8.77. The second-order valence-electron chi connectivity index (χ2n) is 3.41. The molecule has 86 valence electrons. The van der Waals surface area contributed by atoms with Gasteiger partial charge in [-0.05, 0) is 30.3 Å². The summed E-state index contributed by atoms with van der Waals surface area (Å²) in [6.45, 7) is 0. The highest BCUT2D eigenvalue weighted by Gasteiger charge is 2.05. The molecular weight excluding hydrogens is 257 g/mol. The Balaban J connectivity index is 2.37. The van der Waals surface area contributed by atoms with Crippen molar-refractivity contribution in [2.75, 3.05) is 0 Å². The maximum absolute atomic E-state index is 9.94. The average molecular weight is 266 g/mol. The molecule has 0 saturated carbocycles. The number of halogens is 2. The molecule has 0 aliphatic rings. The number of pyridine rings is 1. The van der Waals surface area contributed by atoms with Crippen molar-refractivity contribution in [3.63, 3.8) is 0 Å². The lowest BCUT2D eigenvalue weighted by Gasteiger charge is -2.03. The van der Waals surface area contributed by atoms with Gasteiger partial charge in [0.15, 0.2) is 0 Å². The van der Waals surface area contributed by atoms with Crippen LogP contribution in [0, 0.1) is 0 Å². The fraction of sp³-hybridized carbons (Fsp3) is 0. The summed E-state index contributed by atoms with van der Waals surface area (Å²) in [7, 11) is 0. The molecule has 0 spiro atoms. The Labute approximate surface area is 109 Å². The van der Waals surface area contributed by atoms with E-state index in [1.54, 1.807) is 36.5 Å². The molecule has 0 saturated heterocycles. The molecule has 0 aliphatic heterocycles. The molecule has 1 heterocycles. The van der Waals surface area contributed by atoms with E-state index in [2.05, 4.69) is 4.98 Å². The highest BCUT2D eigenvalue weighted by atomic mass is 35.5. The van der Waals surface area contributed by atoms with E-state index >= 15 is 0 Å². The van der Waals surface area contributed by atoms with Gasteiger partial charge in [0.05, 0.1) is 10.7 Å². The molecule has 2 nitrogen and oxygen atoms in total. The van der Waals surface area contributed by atoms with Crippen molar-refractivity contribution in [3.8, 4) is 0 Å². The maximum Gasteiger partial charge on any atom is 0.126 e. The first-order chi connectivity index (χ1) is 8.16. The molecule has 0 atom stereocenters. The van der Waals surface area contributed by atoms with Crippen molar-refractivity contribution in [1.29, 1.82) is 0 Å². The molecule has 0 amide bonds. The zero-order valence-corrected chi connectivity index (χ0v) is 10.3. The van der Waals surface area contributed by atoms with Crippen molar-refractivity contribution < 1.29 is 5.11 Å². The minimum atomic E-state index is 0.0605. The second-order valence-corrected chi connectivity index (χ2v) is 4.25. The summed E-state index contributed by atoms with van der Waals surface area (Å²) in [6, 6.07) is 10.4. The van der Waals surface area contributed by atoms with Crippen LogP contribution in [0.25, 0.3) is 11.8 Å². The third-order valence-electron chi connectivity index (χ3n) is 2.18. The number of aliphatic hydroxyl groups is 1. The van der Waals surface area contributed by atoms with Gasteiger partial charge in [0.2, 0.25) is 0 Å². The number of aromatic nitrogens is 1. The van der Waals surface area contributed by atoms with Gasteiger partial charge in [-0.2, -0.15) is 0 Å². The van der Waals surface area contributed by atoms with E-state index in [9.17, 15) is 5.11 Å². The van der Waals surface area contributed by atoms with Gasteiger partial charge < -0.3 is 5.11 Å². The van der Waals surface area contributed by atoms with E-state index in [4.69, 9.17) is 23.2 Å². The van der Waals surface area contributed by atoms with Crippen molar-refractivity contribution in [2.24, 2.45) is 0 Å². The molecule has 2 aromatic rings. The summed E-state index contributed by atoms with van der Waals surface area (Å²) in [6.07, 6.45) is 3.21.